The molecule has 17 heavy (non-hydrogen) atoms. The molecule has 0 radical (unpaired) electrons. The van der Waals surface area contributed by atoms with Crippen LogP contribution in [0.25, 0.3) is 0 Å². The van der Waals surface area contributed by atoms with Crippen LogP contribution in [-0.4, -0.2) is 7.11 Å². The molecule has 0 aliphatic heterocycles. The van der Waals surface area contributed by atoms with Crippen molar-refractivity contribution in [2.24, 2.45) is 5.41 Å². The Morgan fingerprint density at radius 3 is 2.47 bits per heavy atom. The fraction of sp³-hybridized carbons (Fsp3) is 0.533. The molecular formula is C15H19NO. The van der Waals surface area contributed by atoms with Crippen molar-refractivity contribution in [3.05, 3.63) is 29.3 Å². The molecule has 1 fully saturated rings. The van der Waals surface area contributed by atoms with E-state index >= 15 is 0 Å². The van der Waals surface area contributed by atoms with Gasteiger partial charge in [0.15, 0.2) is 0 Å². The third-order valence-electron chi connectivity index (χ3n) is 4.08. The number of benzene rings is 1. The summed E-state index contributed by atoms with van der Waals surface area (Å²) in [7, 11) is 1.69. The van der Waals surface area contributed by atoms with Gasteiger partial charge in [-0.15, -0.1) is 0 Å². The summed E-state index contributed by atoms with van der Waals surface area (Å²) in [5.74, 6) is 0.919. The molecule has 90 valence electrons. The van der Waals surface area contributed by atoms with E-state index in [0.29, 0.717) is 0 Å². The van der Waals surface area contributed by atoms with E-state index < -0.39 is 0 Å². The number of ether oxygens (including phenoxy) is 1. The van der Waals surface area contributed by atoms with Crippen LogP contribution < -0.4 is 4.74 Å². The summed E-state index contributed by atoms with van der Waals surface area (Å²) in [4.78, 5) is 0. The third-order valence-corrected chi connectivity index (χ3v) is 4.08. The summed E-state index contributed by atoms with van der Waals surface area (Å²) in [5.41, 5.74) is 2.13. The van der Waals surface area contributed by atoms with Gasteiger partial charge in [-0.2, -0.15) is 5.26 Å². The number of nitriles is 1. The van der Waals surface area contributed by atoms with Gasteiger partial charge in [0.1, 0.15) is 5.75 Å². The molecule has 2 heteroatoms. The second-order valence-electron chi connectivity index (χ2n) is 5.46. The highest BCUT2D eigenvalue weighted by molar-refractivity contribution is 5.49. The normalized spacial score (nSPS) is 25.1. The van der Waals surface area contributed by atoms with E-state index in [1.54, 1.807) is 7.11 Å². The molecule has 1 aromatic rings. The lowest BCUT2D eigenvalue weighted by atomic mass is 9.88. The number of methoxy groups -OCH3 is 1. The van der Waals surface area contributed by atoms with E-state index in [1.807, 2.05) is 12.1 Å². The number of hydrogen-bond acceptors (Lipinski definition) is 2. The molecule has 0 N–H and O–H groups in total. The number of aryl methyl sites for hydroxylation is 1. The maximum absolute atomic E-state index is 9.45. The topological polar surface area (TPSA) is 33.0 Å². The average Bonchev–Trinajstić information content (AvgIpc) is 2.92. The Morgan fingerprint density at radius 2 is 2.06 bits per heavy atom. The molecule has 1 aliphatic carbocycles. The van der Waals surface area contributed by atoms with Crippen molar-refractivity contribution in [1.82, 2.24) is 0 Å². The standard InChI is InChI=1S/C15H19NO/c1-5-11-8-12(6-7-13(11)17-4)15(10-16)9-14(15,2)3/h6-8H,5,9H2,1-4H3. The monoisotopic (exact) mass is 229 g/mol. The van der Waals surface area contributed by atoms with Gasteiger partial charge in [0.25, 0.3) is 0 Å². The lowest BCUT2D eigenvalue weighted by Gasteiger charge is -2.15. The number of hydrogen-bond donors (Lipinski definition) is 0. The molecule has 1 atom stereocenters. The minimum Gasteiger partial charge on any atom is -0.496 e. The van der Waals surface area contributed by atoms with Crippen LogP contribution >= 0.6 is 0 Å². The van der Waals surface area contributed by atoms with Gasteiger partial charge in [-0.1, -0.05) is 32.9 Å². The van der Waals surface area contributed by atoms with Crippen molar-refractivity contribution in [2.75, 3.05) is 7.11 Å². The lowest BCUT2D eigenvalue weighted by Crippen LogP contribution is -2.12. The summed E-state index contributed by atoms with van der Waals surface area (Å²) < 4.78 is 5.33. The van der Waals surface area contributed by atoms with Crippen LogP contribution in [-0.2, 0) is 11.8 Å². The number of rotatable bonds is 3. The molecule has 1 aromatic carbocycles. The molecule has 0 spiro atoms. The summed E-state index contributed by atoms with van der Waals surface area (Å²) in [6.07, 6.45) is 1.88. The molecular weight excluding hydrogens is 210 g/mol. The Bertz CT molecular complexity index is 484. The quantitative estimate of drug-likeness (QED) is 0.795. The largest absolute Gasteiger partial charge is 0.496 e. The Balaban J connectivity index is 2.46. The Labute approximate surface area is 103 Å². The molecule has 1 aliphatic rings. The average molecular weight is 229 g/mol. The first-order valence-corrected chi connectivity index (χ1v) is 6.09. The van der Waals surface area contributed by atoms with Crippen LogP contribution in [0.5, 0.6) is 5.75 Å². The van der Waals surface area contributed by atoms with Gasteiger partial charge >= 0.3 is 0 Å². The van der Waals surface area contributed by atoms with Gasteiger partial charge in [-0.05, 0) is 35.4 Å². The minimum atomic E-state index is -0.289. The summed E-state index contributed by atoms with van der Waals surface area (Å²) in [6, 6.07) is 8.67. The van der Waals surface area contributed by atoms with E-state index in [4.69, 9.17) is 4.74 Å². The van der Waals surface area contributed by atoms with Crippen LogP contribution in [0.2, 0.25) is 0 Å². The zero-order valence-corrected chi connectivity index (χ0v) is 11.0. The maximum Gasteiger partial charge on any atom is 0.122 e. The molecule has 0 bridgehead atoms. The van der Waals surface area contributed by atoms with Crippen LogP contribution in [0.15, 0.2) is 18.2 Å². The predicted octanol–water partition coefficient (Wildman–Crippen LogP) is 3.45. The van der Waals surface area contributed by atoms with Gasteiger partial charge in [0.05, 0.1) is 18.6 Å². The number of nitrogens with zero attached hydrogens (tertiary/aromatic N) is 1. The first-order chi connectivity index (χ1) is 8.00. The maximum atomic E-state index is 9.45. The second kappa shape index (κ2) is 3.77. The highest BCUT2D eigenvalue weighted by atomic mass is 16.5. The SMILES string of the molecule is CCc1cc(C2(C#N)CC2(C)C)ccc1OC. The van der Waals surface area contributed by atoms with Gasteiger partial charge in [-0.3, -0.25) is 0 Å². The van der Waals surface area contributed by atoms with Gasteiger partial charge < -0.3 is 4.74 Å². The van der Waals surface area contributed by atoms with Crippen LogP contribution in [0.1, 0.15) is 38.3 Å². The molecule has 0 amide bonds. The van der Waals surface area contributed by atoms with E-state index in [9.17, 15) is 5.26 Å². The van der Waals surface area contributed by atoms with E-state index in [1.165, 1.54) is 5.56 Å². The lowest BCUT2D eigenvalue weighted by molar-refractivity contribution is 0.409. The highest BCUT2D eigenvalue weighted by Gasteiger charge is 2.63. The van der Waals surface area contributed by atoms with Crippen molar-refractivity contribution in [2.45, 2.75) is 39.0 Å². The first kappa shape index (κ1) is 12.0. The molecule has 1 unspecified atom stereocenters. The van der Waals surface area contributed by atoms with E-state index in [0.717, 1.165) is 24.2 Å². The molecule has 1 saturated carbocycles. The van der Waals surface area contributed by atoms with Gasteiger partial charge in [0.2, 0.25) is 0 Å². The van der Waals surface area contributed by atoms with Crippen LogP contribution in [0.4, 0.5) is 0 Å². The molecule has 2 nitrogen and oxygen atoms in total. The van der Waals surface area contributed by atoms with Crippen LogP contribution in [0, 0.1) is 16.7 Å². The highest BCUT2D eigenvalue weighted by Crippen LogP contribution is 2.64. The Hall–Kier alpha value is -1.49. The molecule has 0 heterocycles. The first-order valence-electron chi connectivity index (χ1n) is 6.09. The smallest absolute Gasteiger partial charge is 0.122 e. The zero-order valence-electron chi connectivity index (χ0n) is 11.0. The van der Waals surface area contributed by atoms with Crippen LogP contribution in [0.3, 0.4) is 0 Å². The van der Waals surface area contributed by atoms with Gasteiger partial charge in [-0.25, -0.2) is 0 Å². The van der Waals surface area contributed by atoms with Crippen molar-refractivity contribution >= 4 is 0 Å². The molecule has 2 rings (SSSR count). The predicted molar refractivity (Wildman–Crippen MR) is 68.1 cm³/mol. The molecule has 0 aromatic heterocycles. The van der Waals surface area contributed by atoms with Gasteiger partial charge in [0, 0.05) is 0 Å². The van der Waals surface area contributed by atoms with Crippen molar-refractivity contribution in [3.8, 4) is 11.8 Å². The summed E-state index contributed by atoms with van der Waals surface area (Å²) in [5, 5.41) is 9.45. The fourth-order valence-electron chi connectivity index (χ4n) is 2.69. The summed E-state index contributed by atoms with van der Waals surface area (Å²) in [6.45, 7) is 6.43. The zero-order chi connectivity index (χ0) is 12.7. The van der Waals surface area contributed by atoms with Crippen molar-refractivity contribution < 1.29 is 4.74 Å². The van der Waals surface area contributed by atoms with Crippen molar-refractivity contribution in [1.29, 1.82) is 5.26 Å². The van der Waals surface area contributed by atoms with Crippen molar-refractivity contribution in [3.63, 3.8) is 0 Å². The third kappa shape index (κ3) is 1.61. The molecule has 0 saturated heterocycles. The van der Waals surface area contributed by atoms with E-state index in [-0.39, 0.29) is 10.8 Å². The second-order valence-corrected chi connectivity index (χ2v) is 5.46. The van der Waals surface area contributed by atoms with E-state index in [2.05, 4.69) is 32.9 Å². The fourth-order valence-corrected chi connectivity index (χ4v) is 2.69. The Kier molecular flexibility index (Phi) is 2.66. The Morgan fingerprint density at radius 1 is 1.41 bits per heavy atom. The summed E-state index contributed by atoms with van der Waals surface area (Å²) >= 11 is 0. The minimum absolute atomic E-state index is 0.0986.